The Kier molecular flexibility index (Phi) is 2.88. The first-order valence-electron chi connectivity index (χ1n) is 4.09. The van der Waals surface area contributed by atoms with Gasteiger partial charge in [-0.2, -0.15) is 0 Å². The highest BCUT2D eigenvalue weighted by molar-refractivity contribution is 6.41. The quantitative estimate of drug-likeness (QED) is 0.448. The van der Waals surface area contributed by atoms with Crippen molar-refractivity contribution in [2.75, 3.05) is 0 Å². The largest absolute Gasteiger partial charge is 0.325 e. The van der Waals surface area contributed by atoms with Crippen molar-refractivity contribution in [3.63, 3.8) is 0 Å². The summed E-state index contributed by atoms with van der Waals surface area (Å²) in [5.74, 6) is 0. The number of fused-ring (bicyclic) bond motifs is 1. The number of halogens is 3. The summed E-state index contributed by atoms with van der Waals surface area (Å²) in [6.07, 6.45) is 0. The summed E-state index contributed by atoms with van der Waals surface area (Å²) in [7, 11) is 0. The third kappa shape index (κ3) is 1.80. The maximum absolute atomic E-state index is 10.7. The van der Waals surface area contributed by atoms with Gasteiger partial charge in [-0.05, 0) is 18.2 Å². The standard InChI is InChI=1S/C9H3Cl3N2O2/c10-4-1-2-5-6(3-4)13-9(12)8(7(5)11)14(15)16/h1-3H. The molecule has 2 rings (SSSR count). The van der Waals surface area contributed by atoms with Crippen molar-refractivity contribution in [3.8, 4) is 0 Å². The Morgan fingerprint density at radius 3 is 2.56 bits per heavy atom. The van der Waals surface area contributed by atoms with E-state index in [2.05, 4.69) is 4.98 Å². The molecule has 82 valence electrons. The van der Waals surface area contributed by atoms with Crippen LogP contribution in [0.25, 0.3) is 10.9 Å². The summed E-state index contributed by atoms with van der Waals surface area (Å²) in [6, 6.07) is 4.68. The Bertz CT molecular complexity index is 601. The molecule has 0 saturated carbocycles. The van der Waals surface area contributed by atoms with E-state index in [0.717, 1.165) is 0 Å². The van der Waals surface area contributed by atoms with Gasteiger partial charge in [0.1, 0.15) is 5.02 Å². The van der Waals surface area contributed by atoms with E-state index in [4.69, 9.17) is 34.8 Å². The molecule has 2 aromatic rings. The lowest BCUT2D eigenvalue weighted by atomic mass is 10.2. The van der Waals surface area contributed by atoms with Crippen LogP contribution in [-0.2, 0) is 0 Å². The monoisotopic (exact) mass is 276 g/mol. The fourth-order valence-electron chi connectivity index (χ4n) is 1.32. The van der Waals surface area contributed by atoms with E-state index in [9.17, 15) is 10.1 Å². The van der Waals surface area contributed by atoms with Crippen LogP contribution in [0.4, 0.5) is 5.69 Å². The number of hydrogen-bond acceptors (Lipinski definition) is 3. The first-order chi connectivity index (χ1) is 7.50. The Labute approximate surface area is 105 Å². The van der Waals surface area contributed by atoms with Crippen LogP contribution in [-0.4, -0.2) is 9.91 Å². The number of aromatic nitrogens is 1. The summed E-state index contributed by atoms with van der Waals surface area (Å²) < 4.78 is 0. The van der Waals surface area contributed by atoms with Crippen molar-refractivity contribution in [2.45, 2.75) is 0 Å². The number of hydrogen-bond donors (Lipinski definition) is 0. The van der Waals surface area contributed by atoms with Crippen molar-refractivity contribution >= 4 is 51.4 Å². The number of pyridine rings is 1. The summed E-state index contributed by atoms with van der Waals surface area (Å²) in [6.45, 7) is 0. The van der Waals surface area contributed by atoms with Crippen molar-refractivity contribution in [3.05, 3.63) is 43.5 Å². The molecule has 16 heavy (non-hydrogen) atoms. The number of nitrogens with zero attached hydrogens (tertiary/aromatic N) is 2. The summed E-state index contributed by atoms with van der Waals surface area (Å²) >= 11 is 17.3. The molecule has 0 amide bonds. The third-order valence-electron chi connectivity index (χ3n) is 2.00. The highest BCUT2D eigenvalue weighted by Crippen LogP contribution is 2.37. The molecular formula is C9H3Cl3N2O2. The van der Waals surface area contributed by atoms with E-state index >= 15 is 0 Å². The van der Waals surface area contributed by atoms with E-state index in [-0.39, 0.29) is 10.2 Å². The minimum atomic E-state index is -0.661. The Hall–Kier alpha value is -1.10. The molecule has 0 N–H and O–H groups in total. The third-order valence-corrected chi connectivity index (χ3v) is 2.88. The molecular weight excluding hydrogens is 274 g/mol. The average molecular weight is 277 g/mol. The maximum atomic E-state index is 10.7. The summed E-state index contributed by atoms with van der Waals surface area (Å²) in [4.78, 5) is 13.9. The van der Waals surface area contributed by atoms with Gasteiger partial charge in [0, 0.05) is 10.4 Å². The van der Waals surface area contributed by atoms with Gasteiger partial charge in [-0.1, -0.05) is 34.8 Å². The first kappa shape index (κ1) is 11.4. The molecule has 4 nitrogen and oxygen atoms in total. The zero-order valence-corrected chi connectivity index (χ0v) is 9.84. The van der Waals surface area contributed by atoms with Gasteiger partial charge in [-0.15, -0.1) is 0 Å². The minimum Gasteiger partial charge on any atom is -0.258 e. The van der Waals surface area contributed by atoms with E-state index in [1.54, 1.807) is 18.2 Å². The van der Waals surface area contributed by atoms with Crippen LogP contribution in [0, 0.1) is 10.1 Å². The van der Waals surface area contributed by atoms with Crippen LogP contribution in [0.1, 0.15) is 0 Å². The second-order valence-corrected chi connectivity index (χ2v) is 4.16. The van der Waals surface area contributed by atoms with Crippen LogP contribution in [0.5, 0.6) is 0 Å². The van der Waals surface area contributed by atoms with Crippen molar-refractivity contribution < 1.29 is 4.92 Å². The molecule has 0 fully saturated rings. The van der Waals surface area contributed by atoms with Crippen LogP contribution < -0.4 is 0 Å². The van der Waals surface area contributed by atoms with Gasteiger partial charge in [0.2, 0.25) is 5.15 Å². The second kappa shape index (κ2) is 4.05. The Morgan fingerprint density at radius 2 is 1.94 bits per heavy atom. The zero-order chi connectivity index (χ0) is 11.9. The number of nitro groups is 1. The van der Waals surface area contributed by atoms with Crippen LogP contribution in [0.15, 0.2) is 18.2 Å². The normalized spacial score (nSPS) is 10.7. The number of rotatable bonds is 1. The minimum absolute atomic E-state index is 0.0309. The lowest BCUT2D eigenvalue weighted by Gasteiger charge is -2.03. The smallest absolute Gasteiger partial charge is 0.258 e. The fraction of sp³-hybridized carbons (Fsp3) is 0. The van der Waals surface area contributed by atoms with Crippen LogP contribution in [0.3, 0.4) is 0 Å². The topological polar surface area (TPSA) is 56.0 Å². The van der Waals surface area contributed by atoms with Crippen molar-refractivity contribution in [1.82, 2.24) is 4.98 Å². The van der Waals surface area contributed by atoms with Gasteiger partial charge in [0.05, 0.1) is 10.4 Å². The molecule has 1 heterocycles. The highest BCUT2D eigenvalue weighted by Gasteiger charge is 2.22. The second-order valence-electron chi connectivity index (χ2n) is 2.98. The molecule has 0 aliphatic heterocycles. The summed E-state index contributed by atoms with van der Waals surface area (Å²) in [5.41, 5.74) is 0.0336. The molecule has 1 aromatic carbocycles. The van der Waals surface area contributed by atoms with Crippen LogP contribution >= 0.6 is 34.8 Å². The highest BCUT2D eigenvalue weighted by atomic mass is 35.5. The number of benzene rings is 1. The molecule has 0 aliphatic rings. The zero-order valence-electron chi connectivity index (χ0n) is 7.58. The SMILES string of the molecule is O=[N+]([O-])c1c(Cl)nc2cc(Cl)ccc2c1Cl. The molecule has 1 aromatic heterocycles. The average Bonchev–Trinajstić information content (AvgIpc) is 2.15. The van der Waals surface area contributed by atoms with Gasteiger partial charge in [-0.3, -0.25) is 10.1 Å². The lowest BCUT2D eigenvalue weighted by Crippen LogP contribution is -1.94. The van der Waals surface area contributed by atoms with Gasteiger partial charge >= 0.3 is 5.69 Å². The molecule has 0 unspecified atom stereocenters. The fourth-order valence-corrected chi connectivity index (χ4v) is 2.10. The molecule has 0 radical (unpaired) electrons. The molecule has 0 saturated heterocycles. The summed E-state index contributed by atoms with van der Waals surface area (Å²) in [5, 5.41) is 11.4. The van der Waals surface area contributed by atoms with Crippen molar-refractivity contribution in [2.24, 2.45) is 0 Å². The lowest BCUT2D eigenvalue weighted by molar-refractivity contribution is -0.384. The molecule has 0 atom stereocenters. The van der Waals surface area contributed by atoms with Gasteiger partial charge < -0.3 is 0 Å². The molecule has 7 heteroatoms. The predicted molar refractivity (Wildman–Crippen MR) is 63.4 cm³/mol. The van der Waals surface area contributed by atoms with E-state index in [0.29, 0.717) is 15.9 Å². The maximum Gasteiger partial charge on any atom is 0.325 e. The van der Waals surface area contributed by atoms with E-state index in [1.807, 2.05) is 0 Å². The van der Waals surface area contributed by atoms with Crippen LogP contribution in [0.2, 0.25) is 15.2 Å². The molecule has 0 bridgehead atoms. The van der Waals surface area contributed by atoms with Crippen molar-refractivity contribution in [1.29, 1.82) is 0 Å². The first-order valence-corrected chi connectivity index (χ1v) is 5.22. The predicted octanol–water partition coefficient (Wildman–Crippen LogP) is 4.10. The Balaban J connectivity index is 2.89. The van der Waals surface area contributed by atoms with Gasteiger partial charge in [0.15, 0.2) is 0 Å². The molecule has 0 aliphatic carbocycles. The molecule has 0 spiro atoms. The van der Waals surface area contributed by atoms with Gasteiger partial charge in [-0.25, -0.2) is 4.98 Å². The van der Waals surface area contributed by atoms with E-state index < -0.39 is 10.6 Å². The van der Waals surface area contributed by atoms with Gasteiger partial charge in [0.25, 0.3) is 0 Å². The van der Waals surface area contributed by atoms with E-state index in [1.165, 1.54) is 0 Å². The Morgan fingerprint density at radius 1 is 1.25 bits per heavy atom.